The molecule has 20 heavy (non-hydrogen) atoms. The Hall–Kier alpha value is -1.09. The van der Waals surface area contributed by atoms with Crippen molar-refractivity contribution in [2.75, 3.05) is 13.1 Å². The summed E-state index contributed by atoms with van der Waals surface area (Å²) < 4.78 is 5.96. The number of ether oxygens (including phenoxy) is 1. The summed E-state index contributed by atoms with van der Waals surface area (Å²) in [7, 11) is 0. The molecule has 1 aromatic heterocycles. The van der Waals surface area contributed by atoms with Gasteiger partial charge in [0.05, 0.1) is 11.8 Å². The second kappa shape index (κ2) is 7.07. The molecule has 0 spiro atoms. The van der Waals surface area contributed by atoms with Gasteiger partial charge in [-0.3, -0.25) is 9.88 Å². The lowest BCUT2D eigenvalue weighted by atomic mass is 10.1. The summed E-state index contributed by atoms with van der Waals surface area (Å²) in [6.45, 7) is 11.9. The third-order valence-corrected chi connectivity index (χ3v) is 3.70. The predicted octanol–water partition coefficient (Wildman–Crippen LogP) is 3.98. The molecule has 1 aliphatic rings. The van der Waals surface area contributed by atoms with E-state index in [1.165, 1.54) is 37.9 Å². The quantitative estimate of drug-likeness (QED) is 0.813. The average Bonchev–Trinajstić information content (AvgIpc) is 2.39. The molecule has 1 aliphatic heterocycles. The van der Waals surface area contributed by atoms with Gasteiger partial charge in [-0.15, -0.1) is 0 Å². The van der Waals surface area contributed by atoms with Crippen LogP contribution in [0.3, 0.4) is 0 Å². The maximum atomic E-state index is 5.96. The second-order valence-corrected chi connectivity index (χ2v) is 6.39. The highest BCUT2D eigenvalue weighted by Gasteiger charge is 2.15. The third kappa shape index (κ3) is 4.20. The smallest absolute Gasteiger partial charge is 0.141 e. The molecule has 0 amide bonds. The Labute approximate surface area is 123 Å². The maximum Gasteiger partial charge on any atom is 0.141 e. The SMILES string of the molecule is CC(C)Oc1cc(CN2CCCCC2)cnc1C(C)C. The molecule has 3 heteroatoms. The number of rotatable bonds is 5. The molecular formula is C17H28N2O. The van der Waals surface area contributed by atoms with Crippen molar-refractivity contribution in [3.8, 4) is 5.75 Å². The van der Waals surface area contributed by atoms with E-state index in [1.807, 2.05) is 6.20 Å². The highest BCUT2D eigenvalue weighted by molar-refractivity contribution is 5.33. The van der Waals surface area contributed by atoms with Crippen molar-refractivity contribution in [1.29, 1.82) is 0 Å². The Kier molecular flexibility index (Phi) is 5.41. The van der Waals surface area contributed by atoms with Crippen LogP contribution in [-0.2, 0) is 6.54 Å². The first-order chi connectivity index (χ1) is 9.56. The van der Waals surface area contributed by atoms with Crippen LogP contribution >= 0.6 is 0 Å². The summed E-state index contributed by atoms with van der Waals surface area (Å²) >= 11 is 0. The Bertz CT molecular complexity index is 423. The van der Waals surface area contributed by atoms with E-state index in [-0.39, 0.29) is 6.10 Å². The van der Waals surface area contributed by atoms with E-state index in [2.05, 4.69) is 43.6 Å². The van der Waals surface area contributed by atoms with Gasteiger partial charge in [0.2, 0.25) is 0 Å². The van der Waals surface area contributed by atoms with Crippen molar-refractivity contribution in [3.05, 3.63) is 23.5 Å². The largest absolute Gasteiger partial charge is 0.489 e. The van der Waals surface area contributed by atoms with Gasteiger partial charge >= 0.3 is 0 Å². The van der Waals surface area contributed by atoms with Crippen LogP contribution in [0.4, 0.5) is 0 Å². The molecule has 0 N–H and O–H groups in total. The summed E-state index contributed by atoms with van der Waals surface area (Å²) in [5, 5.41) is 0. The zero-order valence-electron chi connectivity index (χ0n) is 13.4. The van der Waals surface area contributed by atoms with Crippen LogP contribution in [0.2, 0.25) is 0 Å². The second-order valence-electron chi connectivity index (χ2n) is 6.39. The molecule has 0 aromatic carbocycles. The summed E-state index contributed by atoms with van der Waals surface area (Å²) in [6, 6.07) is 2.19. The Balaban J connectivity index is 2.13. The summed E-state index contributed by atoms with van der Waals surface area (Å²) in [6.07, 6.45) is 6.25. The first kappa shape index (κ1) is 15.3. The molecule has 0 atom stereocenters. The van der Waals surface area contributed by atoms with Crippen LogP contribution in [0.25, 0.3) is 0 Å². The fraction of sp³-hybridized carbons (Fsp3) is 0.706. The molecule has 112 valence electrons. The van der Waals surface area contributed by atoms with Crippen LogP contribution < -0.4 is 4.74 Å². The molecule has 1 saturated heterocycles. The van der Waals surface area contributed by atoms with Crippen LogP contribution in [0.15, 0.2) is 12.3 Å². The van der Waals surface area contributed by atoms with E-state index in [1.54, 1.807) is 0 Å². The molecule has 1 fully saturated rings. The zero-order chi connectivity index (χ0) is 14.5. The van der Waals surface area contributed by atoms with Gasteiger partial charge in [-0.05, 0) is 57.3 Å². The molecule has 0 radical (unpaired) electrons. The first-order valence-corrected chi connectivity index (χ1v) is 7.94. The molecule has 3 nitrogen and oxygen atoms in total. The van der Waals surface area contributed by atoms with E-state index < -0.39 is 0 Å². The van der Waals surface area contributed by atoms with Gasteiger partial charge in [-0.2, -0.15) is 0 Å². The molecule has 0 bridgehead atoms. The first-order valence-electron chi connectivity index (χ1n) is 7.94. The van der Waals surface area contributed by atoms with Gasteiger partial charge in [0.15, 0.2) is 0 Å². The van der Waals surface area contributed by atoms with Crippen LogP contribution in [0, 0.1) is 0 Å². The van der Waals surface area contributed by atoms with Crippen LogP contribution in [-0.4, -0.2) is 29.1 Å². The Morgan fingerprint density at radius 3 is 2.45 bits per heavy atom. The average molecular weight is 276 g/mol. The van der Waals surface area contributed by atoms with Crippen molar-refractivity contribution in [2.24, 2.45) is 0 Å². The van der Waals surface area contributed by atoms with Crippen molar-refractivity contribution in [2.45, 2.75) is 65.5 Å². The van der Waals surface area contributed by atoms with Crippen LogP contribution in [0.5, 0.6) is 5.75 Å². The Morgan fingerprint density at radius 1 is 1.15 bits per heavy atom. The lowest BCUT2D eigenvalue weighted by Gasteiger charge is -2.26. The number of aromatic nitrogens is 1. The van der Waals surface area contributed by atoms with E-state index in [0.717, 1.165) is 18.0 Å². The number of nitrogens with zero attached hydrogens (tertiary/aromatic N) is 2. The number of piperidine rings is 1. The highest BCUT2D eigenvalue weighted by Crippen LogP contribution is 2.27. The molecular weight excluding hydrogens is 248 g/mol. The standard InChI is InChI=1S/C17H28N2O/c1-13(2)17-16(20-14(3)4)10-15(11-18-17)12-19-8-6-5-7-9-19/h10-11,13-14H,5-9,12H2,1-4H3. The zero-order valence-corrected chi connectivity index (χ0v) is 13.4. The molecule has 0 saturated carbocycles. The molecule has 2 heterocycles. The maximum absolute atomic E-state index is 5.96. The van der Waals surface area contributed by atoms with Crippen molar-refractivity contribution in [1.82, 2.24) is 9.88 Å². The van der Waals surface area contributed by atoms with Gasteiger partial charge in [0.1, 0.15) is 5.75 Å². The van der Waals surface area contributed by atoms with Crippen molar-refractivity contribution in [3.63, 3.8) is 0 Å². The van der Waals surface area contributed by atoms with Gasteiger partial charge < -0.3 is 4.74 Å². The lowest BCUT2D eigenvalue weighted by Crippen LogP contribution is -2.29. The van der Waals surface area contributed by atoms with E-state index >= 15 is 0 Å². The number of hydrogen-bond acceptors (Lipinski definition) is 3. The molecule has 0 aliphatic carbocycles. The number of pyridine rings is 1. The van der Waals surface area contributed by atoms with Crippen molar-refractivity contribution < 1.29 is 4.74 Å². The minimum Gasteiger partial charge on any atom is -0.489 e. The van der Waals surface area contributed by atoms with Gasteiger partial charge in [-0.25, -0.2) is 0 Å². The summed E-state index contributed by atoms with van der Waals surface area (Å²) in [5.41, 5.74) is 2.34. The van der Waals surface area contributed by atoms with E-state index in [0.29, 0.717) is 5.92 Å². The van der Waals surface area contributed by atoms with E-state index in [9.17, 15) is 0 Å². The fourth-order valence-corrected chi connectivity index (χ4v) is 2.74. The molecule has 0 unspecified atom stereocenters. The monoisotopic (exact) mass is 276 g/mol. The predicted molar refractivity (Wildman–Crippen MR) is 83.2 cm³/mol. The molecule has 2 rings (SSSR count). The molecule has 1 aromatic rings. The summed E-state index contributed by atoms with van der Waals surface area (Å²) in [4.78, 5) is 7.17. The van der Waals surface area contributed by atoms with Crippen LogP contribution in [0.1, 0.15) is 64.1 Å². The van der Waals surface area contributed by atoms with E-state index in [4.69, 9.17) is 4.74 Å². The minimum atomic E-state index is 0.194. The van der Waals surface area contributed by atoms with Crippen molar-refractivity contribution >= 4 is 0 Å². The summed E-state index contributed by atoms with van der Waals surface area (Å²) in [5.74, 6) is 1.36. The topological polar surface area (TPSA) is 25.4 Å². The van der Waals surface area contributed by atoms with Gasteiger partial charge in [0.25, 0.3) is 0 Å². The Morgan fingerprint density at radius 2 is 1.85 bits per heavy atom. The fourth-order valence-electron chi connectivity index (χ4n) is 2.74. The van der Waals surface area contributed by atoms with Gasteiger partial charge in [0, 0.05) is 12.7 Å². The third-order valence-electron chi connectivity index (χ3n) is 3.70. The highest BCUT2D eigenvalue weighted by atomic mass is 16.5. The normalized spacial score (nSPS) is 16.9. The minimum absolute atomic E-state index is 0.194. The number of hydrogen-bond donors (Lipinski definition) is 0. The lowest BCUT2D eigenvalue weighted by molar-refractivity contribution is 0.218. The van der Waals surface area contributed by atoms with Gasteiger partial charge in [-0.1, -0.05) is 20.3 Å². The number of likely N-dealkylation sites (tertiary alicyclic amines) is 1.